The van der Waals surface area contributed by atoms with Gasteiger partial charge in [0.1, 0.15) is 5.82 Å². The van der Waals surface area contributed by atoms with E-state index in [0.717, 1.165) is 25.0 Å². The van der Waals surface area contributed by atoms with E-state index in [1.807, 2.05) is 6.20 Å². The van der Waals surface area contributed by atoms with Crippen LogP contribution in [0.2, 0.25) is 0 Å². The molecule has 2 rings (SSSR count). The summed E-state index contributed by atoms with van der Waals surface area (Å²) in [4.78, 5) is 9.85. The molecular formula is C14H26N4. The Morgan fingerprint density at radius 1 is 1.39 bits per heavy atom. The third-order valence-electron chi connectivity index (χ3n) is 3.91. The molecule has 0 amide bonds. The molecule has 1 saturated carbocycles. The minimum atomic E-state index is 0.837. The molecule has 1 aliphatic rings. The lowest BCUT2D eigenvalue weighted by molar-refractivity contribution is 0.189. The highest BCUT2D eigenvalue weighted by Gasteiger charge is 2.16. The first-order valence-corrected chi connectivity index (χ1v) is 7.25. The van der Waals surface area contributed by atoms with Gasteiger partial charge in [-0.25, -0.2) is 4.98 Å². The molecule has 0 saturated heterocycles. The standard InChI is InChI=1S/C14H26N4/c1-18(13-6-3-2-4-7-13)11-5-8-15-12-14-16-9-10-17-14/h9-10,13,15H,2-8,11-12H2,1H3,(H,16,17). The van der Waals surface area contributed by atoms with Crippen LogP contribution in [0.25, 0.3) is 0 Å². The number of nitrogens with one attached hydrogen (secondary N) is 2. The van der Waals surface area contributed by atoms with E-state index in [-0.39, 0.29) is 0 Å². The number of imidazole rings is 1. The summed E-state index contributed by atoms with van der Waals surface area (Å²) in [5.41, 5.74) is 0. The zero-order valence-electron chi connectivity index (χ0n) is 11.5. The highest BCUT2D eigenvalue weighted by Crippen LogP contribution is 2.21. The number of aromatic nitrogens is 2. The Hall–Kier alpha value is -0.870. The summed E-state index contributed by atoms with van der Waals surface area (Å²) in [5.74, 6) is 1.02. The third-order valence-corrected chi connectivity index (χ3v) is 3.91. The maximum Gasteiger partial charge on any atom is 0.120 e. The lowest BCUT2D eigenvalue weighted by Gasteiger charge is -2.31. The molecule has 1 aromatic rings. The number of H-pyrrole nitrogens is 1. The van der Waals surface area contributed by atoms with E-state index in [2.05, 4.69) is 27.2 Å². The molecular weight excluding hydrogens is 224 g/mol. The maximum absolute atomic E-state index is 4.19. The number of hydrogen-bond donors (Lipinski definition) is 2. The second kappa shape index (κ2) is 7.54. The van der Waals surface area contributed by atoms with Crippen molar-refractivity contribution in [2.45, 2.75) is 51.1 Å². The molecule has 4 nitrogen and oxygen atoms in total. The first kappa shape index (κ1) is 13.6. The first-order valence-electron chi connectivity index (χ1n) is 7.25. The van der Waals surface area contributed by atoms with E-state index in [0.29, 0.717) is 0 Å². The van der Waals surface area contributed by atoms with Crippen molar-refractivity contribution in [3.8, 4) is 0 Å². The summed E-state index contributed by atoms with van der Waals surface area (Å²) in [7, 11) is 2.28. The van der Waals surface area contributed by atoms with Crippen molar-refractivity contribution in [3.05, 3.63) is 18.2 Å². The predicted molar refractivity (Wildman–Crippen MR) is 74.4 cm³/mol. The zero-order valence-corrected chi connectivity index (χ0v) is 11.5. The van der Waals surface area contributed by atoms with Gasteiger partial charge in [0.15, 0.2) is 0 Å². The molecule has 102 valence electrons. The van der Waals surface area contributed by atoms with Gasteiger partial charge in [-0.2, -0.15) is 0 Å². The molecule has 1 heterocycles. The Kier molecular flexibility index (Phi) is 5.68. The van der Waals surface area contributed by atoms with Crippen molar-refractivity contribution < 1.29 is 0 Å². The molecule has 0 aromatic carbocycles. The van der Waals surface area contributed by atoms with Gasteiger partial charge in [-0.1, -0.05) is 19.3 Å². The van der Waals surface area contributed by atoms with Crippen molar-refractivity contribution in [2.24, 2.45) is 0 Å². The molecule has 0 radical (unpaired) electrons. The fourth-order valence-electron chi connectivity index (χ4n) is 2.76. The lowest BCUT2D eigenvalue weighted by Crippen LogP contribution is -2.35. The van der Waals surface area contributed by atoms with Gasteiger partial charge in [0.05, 0.1) is 6.54 Å². The Bertz CT molecular complexity index is 304. The van der Waals surface area contributed by atoms with Gasteiger partial charge < -0.3 is 15.2 Å². The molecule has 1 aliphatic carbocycles. The Morgan fingerprint density at radius 2 is 2.22 bits per heavy atom. The van der Waals surface area contributed by atoms with Crippen molar-refractivity contribution in [1.29, 1.82) is 0 Å². The maximum atomic E-state index is 4.19. The highest BCUT2D eigenvalue weighted by atomic mass is 15.1. The Labute approximate surface area is 110 Å². The molecule has 4 heteroatoms. The van der Waals surface area contributed by atoms with Gasteiger partial charge in [-0.05, 0) is 39.4 Å². The molecule has 0 atom stereocenters. The molecule has 2 N–H and O–H groups in total. The van der Waals surface area contributed by atoms with Crippen LogP contribution >= 0.6 is 0 Å². The van der Waals surface area contributed by atoms with Crippen LogP contribution in [0, 0.1) is 0 Å². The van der Waals surface area contributed by atoms with Gasteiger partial charge in [-0.15, -0.1) is 0 Å². The summed E-state index contributed by atoms with van der Waals surface area (Å²) < 4.78 is 0. The van der Waals surface area contributed by atoms with Crippen molar-refractivity contribution in [2.75, 3.05) is 20.1 Å². The van der Waals surface area contributed by atoms with E-state index < -0.39 is 0 Å². The summed E-state index contributed by atoms with van der Waals surface area (Å²) in [5, 5.41) is 3.43. The number of hydrogen-bond acceptors (Lipinski definition) is 3. The fraction of sp³-hybridized carbons (Fsp3) is 0.786. The normalized spacial score (nSPS) is 17.4. The second-order valence-corrected chi connectivity index (χ2v) is 5.34. The van der Waals surface area contributed by atoms with Crippen LogP contribution in [0.3, 0.4) is 0 Å². The minimum absolute atomic E-state index is 0.837. The van der Waals surface area contributed by atoms with Crippen LogP contribution < -0.4 is 5.32 Å². The molecule has 18 heavy (non-hydrogen) atoms. The molecule has 0 spiro atoms. The van der Waals surface area contributed by atoms with Crippen molar-refractivity contribution in [3.63, 3.8) is 0 Å². The molecule has 0 bridgehead atoms. The van der Waals surface area contributed by atoms with E-state index >= 15 is 0 Å². The first-order chi connectivity index (χ1) is 8.86. The van der Waals surface area contributed by atoms with Gasteiger partial charge >= 0.3 is 0 Å². The quantitative estimate of drug-likeness (QED) is 0.729. The van der Waals surface area contributed by atoms with Gasteiger partial charge in [-0.3, -0.25) is 0 Å². The SMILES string of the molecule is CN(CCCNCc1ncc[nH]1)C1CCCCC1. The van der Waals surface area contributed by atoms with Crippen LogP contribution in [0.1, 0.15) is 44.3 Å². The van der Waals surface area contributed by atoms with E-state index in [9.17, 15) is 0 Å². The van der Waals surface area contributed by atoms with Gasteiger partial charge in [0, 0.05) is 18.4 Å². The van der Waals surface area contributed by atoms with Crippen molar-refractivity contribution in [1.82, 2.24) is 20.2 Å². The molecule has 1 fully saturated rings. The highest BCUT2D eigenvalue weighted by molar-refractivity contribution is 4.85. The molecule has 0 unspecified atom stereocenters. The van der Waals surface area contributed by atoms with Crippen LogP contribution in [0.15, 0.2) is 12.4 Å². The predicted octanol–water partition coefficient (Wildman–Crippen LogP) is 2.15. The van der Waals surface area contributed by atoms with Crippen LogP contribution in [0.5, 0.6) is 0 Å². The summed E-state index contributed by atoms with van der Waals surface area (Å²) >= 11 is 0. The average Bonchev–Trinajstić information content (AvgIpc) is 2.92. The average molecular weight is 250 g/mol. The smallest absolute Gasteiger partial charge is 0.120 e. The van der Waals surface area contributed by atoms with Crippen LogP contribution in [-0.4, -0.2) is 41.0 Å². The second-order valence-electron chi connectivity index (χ2n) is 5.34. The Balaban J connectivity index is 1.52. The number of rotatable bonds is 7. The third kappa shape index (κ3) is 4.42. The topological polar surface area (TPSA) is 44.0 Å². The van der Waals surface area contributed by atoms with Gasteiger partial charge in [0.25, 0.3) is 0 Å². The van der Waals surface area contributed by atoms with E-state index in [1.165, 1.54) is 45.1 Å². The molecule has 0 aliphatic heterocycles. The van der Waals surface area contributed by atoms with E-state index in [1.54, 1.807) is 6.20 Å². The number of aromatic amines is 1. The van der Waals surface area contributed by atoms with Crippen LogP contribution in [-0.2, 0) is 6.54 Å². The fourth-order valence-corrected chi connectivity index (χ4v) is 2.76. The summed E-state index contributed by atoms with van der Waals surface area (Å²) in [6.07, 6.45) is 12.0. The zero-order chi connectivity index (χ0) is 12.6. The summed E-state index contributed by atoms with van der Waals surface area (Å²) in [6.45, 7) is 3.12. The molecule has 1 aromatic heterocycles. The van der Waals surface area contributed by atoms with Crippen molar-refractivity contribution >= 4 is 0 Å². The number of nitrogens with zero attached hydrogens (tertiary/aromatic N) is 2. The van der Waals surface area contributed by atoms with Crippen LogP contribution in [0.4, 0.5) is 0 Å². The largest absolute Gasteiger partial charge is 0.348 e. The minimum Gasteiger partial charge on any atom is -0.348 e. The lowest BCUT2D eigenvalue weighted by atomic mass is 9.94. The van der Waals surface area contributed by atoms with Gasteiger partial charge in [0.2, 0.25) is 0 Å². The monoisotopic (exact) mass is 250 g/mol. The van der Waals surface area contributed by atoms with E-state index in [4.69, 9.17) is 0 Å². The summed E-state index contributed by atoms with van der Waals surface area (Å²) in [6, 6.07) is 0.837. The Morgan fingerprint density at radius 3 is 2.94 bits per heavy atom.